The Morgan fingerprint density at radius 1 is 0.800 bits per heavy atom. The maximum Gasteiger partial charge on any atom is 1.00 e. The molecule has 0 atom stereocenters. The summed E-state index contributed by atoms with van der Waals surface area (Å²) < 4.78 is 15.1. The molecule has 0 spiro atoms. The van der Waals surface area contributed by atoms with Crippen molar-refractivity contribution >= 4 is 53.4 Å². The molecule has 0 unspecified atom stereocenters. The minimum absolute atomic E-state index is 0. The maximum atomic E-state index is 13.4. The van der Waals surface area contributed by atoms with Crippen molar-refractivity contribution < 1.29 is 55.8 Å². The van der Waals surface area contributed by atoms with Gasteiger partial charge in [0.2, 0.25) is 0 Å². The standard InChI is InChI=1S/C11H7BrN2.C10H7BrFN.CN.K/c1-7-2-8(4-13)10-5-14-6-11(12)9(10)3-7;1-6-2-7-8(10(12)3-6)4-13-5-9(7)11;1-2;/h2-3,5-6H,1H3;2-5H,1H3;;/q;;-1;+1. The molecule has 0 saturated carbocycles. The number of pyridine rings is 2. The molecule has 8 heteroatoms. The Bertz CT molecular complexity index is 1250. The molecule has 0 bridgehead atoms. The molecule has 0 amide bonds. The number of rotatable bonds is 0. The van der Waals surface area contributed by atoms with E-state index in [-0.39, 0.29) is 57.2 Å². The number of nitrogens with zero attached hydrogens (tertiary/aromatic N) is 4. The van der Waals surface area contributed by atoms with Crippen LogP contribution in [0.5, 0.6) is 0 Å². The molecule has 0 saturated heterocycles. The largest absolute Gasteiger partial charge is 1.00 e. The molecule has 4 rings (SSSR count). The van der Waals surface area contributed by atoms with Gasteiger partial charge in [-0.15, -0.1) is 0 Å². The molecule has 2 heterocycles. The number of benzene rings is 2. The number of aryl methyl sites for hydroxylation is 2. The van der Waals surface area contributed by atoms with Gasteiger partial charge in [0.1, 0.15) is 5.82 Å². The molecule has 0 aliphatic carbocycles. The van der Waals surface area contributed by atoms with E-state index in [9.17, 15) is 4.39 Å². The van der Waals surface area contributed by atoms with Crippen molar-refractivity contribution in [3.63, 3.8) is 0 Å². The molecular formula is C22H14Br2FKN4. The molecule has 4 nitrogen and oxygen atoms in total. The van der Waals surface area contributed by atoms with Crippen LogP contribution in [0.15, 0.2) is 58.0 Å². The predicted molar refractivity (Wildman–Crippen MR) is 118 cm³/mol. The smallest absolute Gasteiger partial charge is 0.512 e. The topological polar surface area (TPSA) is 73.4 Å². The van der Waals surface area contributed by atoms with Gasteiger partial charge < -0.3 is 11.8 Å². The van der Waals surface area contributed by atoms with Crippen molar-refractivity contribution in [2.24, 2.45) is 0 Å². The summed E-state index contributed by atoms with van der Waals surface area (Å²) in [5.41, 5.74) is 2.67. The van der Waals surface area contributed by atoms with Crippen LogP contribution in [0.3, 0.4) is 0 Å². The molecule has 144 valence electrons. The first-order valence-corrected chi connectivity index (χ1v) is 9.85. The number of halogens is 3. The van der Waals surface area contributed by atoms with E-state index in [1.807, 2.05) is 32.0 Å². The summed E-state index contributed by atoms with van der Waals surface area (Å²) in [5.74, 6) is -0.219. The van der Waals surface area contributed by atoms with Crippen LogP contribution in [0, 0.1) is 42.8 Å². The van der Waals surface area contributed by atoms with Gasteiger partial charge in [0.05, 0.1) is 11.6 Å². The van der Waals surface area contributed by atoms with Crippen LogP contribution >= 0.6 is 31.9 Å². The summed E-state index contributed by atoms with van der Waals surface area (Å²) in [4.78, 5) is 7.97. The first-order valence-electron chi connectivity index (χ1n) is 8.26. The van der Waals surface area contributed by atoms with Gasteiger partial charge in [-0.25, -0.2) is 4.39 Å². The fraction of sp³-hybridized carbons (Fsp3) is 0.0909. The Labute approximate surface area is 233 Å². The fourth-order valence-corrected chi connectivity index (χ4v) is 3.70. The summed E-state index contributed by atoms with van der Waals surface area (Å²) in [6.45, 7) is 8.60. The summed E-state index contributed by atoms with van der Waals surface area (Å²) in [7, 11) is 0. The maximum absolute atomic E-state index is 13.4. The molecule has 0 fully saturated rings. The van der Waals surface area contributed by atoms with Gasteiger partial charge >= 0.3 is 51.4 Å². The number of hydrogen-bond donors (Lipinski definition) is 0. The Morgan fingerprint density at radius 2 is 1.27 bits per heavy atom. The second kappa shape index (κ2) is 12.6. The van der Waals surface area contributed by atoms with E-state index in [4.69, 9.17) is 17.1 Å². The van der Waals surface area contributed by atoms with Crippen molar-refractivity contribution in [2.45, 2.75) is 13.8 Å². The van der Waals surface area contributed by atoms with Gasteiger partial charge in [-0.2, -0.15) is 5.26 Å². The van der Waals surface area contributed by atoms with E-state index in [2.05, 4.69) is 47.9 Å². The third-order valence-electron chi connectivity index (χ3n) is 4.02. The van der Waals surface area contributed by atoms with Crippen LogP contribution in [0.1, 0.15) is 16.7 Å². The van der Waals surface area contributed by atoms with Crippen LogP contribution in [0.4, 0.5) is 4.39 Å². The van der Waals surface area contributed by atoms with Gasteiger partial charge in [-0.3, -0.25) is 9.97 Å². The number of aromatic nitrogens is 2. The Morgan fingerprint density at radius 3 is 1.80 bits per heavy atom. The van der Waals surface area contributed by atoms with E-state index in [0.29, 0.717) is 10.9 Å². The zero-order chi connectivity index (χ0) is 21.6. The van der Waals surface area contributed by atoms with Crippen molar-refractivity contribution in [3.05, 3.63) is 87.1 Å². The third kappa shape index (κ3) is 6.38. The molecule has 0 radical (unpaired) electrons. The Kier molecular flexibility index (Phi) is 11.2. The normalized spacial score (nSPS) is 9.40. The first kappa shape index (κ1) is 26.8. The van der Waals surface area contributed by atoms with Crippen molar-refractivity contribution in [1.29, 1.82) is 10.5 Å². The minimum atomic E-state index is -0.219. The molecule has 4 aromatic rings. The van der Waals surface area contributed by atoms with Crippen LogP contribution in [0.25, 0.3) is 21.5 Å². The van der Waals surface area contributed by atoms with Crippen molar-refractivity contribution in [1.82, 2.24) is 9.97 Å². The fourth-order valence-electron chi connectivity index (χ4n) is 2.80. The van der Waals surface area contributed by atoms with Crippen molar-refractivity contribution in [3.8, 4) is 6.07 Å². The SMILES string of the molecule is Cc1cc(C#N)c2cncc(Br)c2c1.Cc1cc(F)c2cncc(Br)c2c1.[C-]#N.[K+]. The predicted octanol–water partition coefficient (Wildman–Crippen LogP) is 3.72. The zero-order valence-corrected chi connectivity index (χ0v) is 22.8. The van der Waals surface area contributed by atoms with Gasteiger partial charge in [0.15, 0.2) is 0 Å². The van der Waals surface area contributed by atoms with Crippen LogP contribution in [-0.2, 0) is 0 Å². The Balaban J connectivity index is 0.000000270. The molecule has 0 aliphatic rings. The molecule has 30 heavy (non-hydrogen) atoms. The number of nitriles is 1. The average molecular weight is 552 g/mol. The molecule has 2 aromatic heterocycles. The monoisotopic (exact) mass is 550 g/mol. The van der Waals surface area contributed by atoms with E-state index >= 15 is 0 Å². The van der Waals surface area contributed by atoms with Gasteiger partial charge in [-0.05, 0) is 75.0 Å². The third-order valence-corrected chi connectivity index (χ3v) is 5.28. The Hall–Kier alpha value is -1.23. The van der Waals surface area contributed by atoms with Gasteiger partial charge in [0, 0.05) is 55.3 Å². The van der Waals surface area contributed by atoms with Crippen LogP contribution < -0.4 is 51.4 Å². The first-order chi connectivity index (χ1) is 13.9. The van der Waals surface area contributed by atoms with Gasteiger partial charge in [-0.1, -0.05) is 6.07 Å². The van der Waals surface area contributed by atoms with Crippen molar-refractivity contribution in [2.75, 3.05) is 0 Å². The summed E-state index contributed by atoms with van der Waals surface area (Å²) in [5, 5.41) is 18.6. The van der Waals surface area contributed by atoms with E-state index in [0.717, 1.165) is 36.2 Å². The second-order valence-corrected chi connectivity index (χ2v) is 7.81. The number of hydrogen-bond acceptors (Lipinski definition) is 4. The second-order valence-electron chi connectivity index (χ2n) is 6.10. The van der Waals surface area contributed by atoms with E-state index in [1.54, 1.807) is 18.6 Å². The quantitative estimate of drug-likeness (QED) is 0.246. The van der Waals surface area contributed by atoms with Gasteiger partial charge in [0.25, 0.3) is 0 Å². The molecule has 2 aromatic carbocycles. The molecular weight excluding hydrogens is 538 g/mol. The average Bonchev–Trinajstić information content (AvgIpc) is 2.71. The molecule has 0 aliphatic heterocycles. The van der Waals surface area contributed by atoms with Crippen LogP contribution in [0.2, 0.25) is 0 Å². The summed E-state index contributed by atoms with van der Waals surface area (Å²) in [6.07, 6.45) is 6.66. The summed E-state index contributed by atoms with van der Waals surface area (Å²) >= 11 is 6.76. The molecule has 0 N–H and O–H groups in total. The summed E-state index contributed by atoms with van der Waals surface area (Å²) in [6, 6.07) is 9.54. The van der Waals surface area contributed by atoms with Crippen LogP contribution in [-0.4, -0.2) is 9.97 Å². The van der Waals surface area contributed by atoms with E-state index < -0.39 is 0 Å². The zero-order valence-electron chi connectivity index (χ0n) is 16.5. The minimum Gasteiger partial charge on any atom is -0.512 e. The van der Waals surface area contributed by atoms with E-state index in [1.165, 1.54) is 12.3 Å². The number of fused-ring (bicyclic) bond motifs is 2.